The summed E-state index contributed by atoms with van der Waals surface area (Å²) < 4.78 is 7.61. The number of ether oxygens (including phenoxy) is 1. The molecule has 1 amide bonds. The predicted molar refractivity (Wildman–Crippen MR) is 102 cm³/mol. The van der Waals surface area contributed by atoms with Gasteiger partial charge in [0.05, 0.1) is 24.1 Å². The second kappa shape index (κ2) is 7.34. The zero-order valence-electron chi connectivity index (χ0n) is 15.6. The van der Waals surface area contributed by atoms with Gasteiger partial charge in [0.2, 0.25) is 5.88 Å². The van der Waals surface area contributed by atoms with Gasteiger partial charge < -0.3 is 10.1 Å². The van der Waals surface area contributed by atoms with Crippen molar-refractivity contribution >= 4 is 16.8 Å². The van der Waals surface area contributed by atoms with E-state index in [1.165, 1.54) is 12.8 Å². The Morgan fingerprint density at radius 1 is 1.37 bits per heavy atom. The monoisotopic (exact) mass is 365 g/mol. The van der Waals surface area contributed by atoms with E-state index >= 15 is 0 Å². The van der Waals surface area contributed by atoms with E-state index < -0.39 is 0 Å². The number of hydrogen-bond acceptors (Lipinski definition) is 5. The minimum atomic E-state index is -0.183. The molecule has 3 aromatic rings. The van der Waals surface area contributed by atoms with Crippen LogP contribution in [0.4, 0.5) is 0 Å². The Kier molecular flexibility index (Phi) is 4.75. The van der Waals surface area contributed by atoms with Gasteiger partial charge in [-0.25, -0.2) is 4.98 Å². The van der Waals surface area contributed by atoms with Crippen LogP contribution in [0.15, 0.2) is 30.7 Å². The Balaban J connectivity index is 1.53. The van der Waals surface area contributed by atoms with Crippen LogP contribution in [0.5, 0.6) is 5.88 Å². The first-order valence-electron chi connectivity index (χ1n) is 9.32. The van der Waals surface area contributed by atoms with Crippen molar-refractivity contribution in [2.24, 2.45) is 5.92 Å². The minimum absolute atomic E-state index is 0.183. The van der Waals surface area contributed by atoms with E-state index in [1.807, 2.05) is 37.0 Å². The van der Waals surface area contributed by atoms with Crippen LogP contribution in [0, 0.1) is 12.8 Å². The van der Waals surface area contributed by atoms with Crippen molar-refractivity contribution in [3.05, 3.63) is 47.5 Å². The summed E-state index contributed by atoms with van der Waals surface area (Å²) in [5, 5.41) is 8.10. The molecular formula is C20H23N5O2. The SMILES string of the molecule is CCNC(=O)c1nccc2nn(Cc3cnc(OCC4CC4)c(C)c3)cc12. The van der Waals surface area contributed by atoms with Crippen molar-refractivity contribution in [3.8, 4) is 5.88 Å². The molecule has 1 saturated carbocycles. The number of hydrogen-bond donors (Lipinski definition) is 1. The summed E-state index contributed by atoms with van der Waals surface area (Å²) in [4.78, 5) is 20.9. The smallest absolute Gasteiger partial charge is 0.270 e. The average Bonchev–Trinajstić information content (AvgIpc) is 3.38. The second-order valence-corrected chi connectivity index (χ2v) is 7.00. The highest BCUT2D eigenvalue weighted by Gasteiger charge is 2.22. The van der Waals surface area contributed by atoms with Crippen molar-refractivity contribution < 1.29 is 9.53 Å². The first-order chi connectivity index (χ1) is 13.1. The number of carbonyl (C=O) groups is 1. The van der Waals surface area contributed by atoms with Crippen LogP contribution >= 0.6 is 0 Å². The molecule has 0 aliphatic heterocycles. The molecule has 7 heteroatoms. The van der Waals surface area contributed by atoms with Crippen LogP contribution in [-0.2, 0) is 6.54 Å². The number of rotatable bonds is 7. The Morgan fingerprint density at radius 3 is 2.96 bits per heavy atom. The molecule has 1 N–H and O–H groups in total. The maximum Gasteiger partial charge on any atom is 0.270 e. The topological polar surface area (TPSA) is 81.9 Å². The van der Waals surface area contributed by atoms with Crippen LogP contribution in [0.1, 0.15) is 41.4 Å². The summed E-state index contributed by atoms with van der Waals surface area (Å²) in [6.45, 7) is 5.78. The van der Waals surface area contributed by atoms with Crippen LogP contribution in [0.2, 0.25) is 0 Å². The van der Waals surface area contributed by atoms with Gasteiger partial charge in [0.15, 0.2) is 0 Å². The highest BCUT2D eigenvalue weighted by Crippen LogP contribution is 2.29. The van der Waals surface area contributed by atoms with Gasteiger partial charge in [0.25, 0.3) is 5.91 Å². The summed E-state index contributed by atoms with van der Waals surface area (Å²) in [5.74, 6) is 1.23. The Labute approximate surface area is 157 Å². The largest absolute Gasteiger partial charge is 0.477 e. The van der Waals surface area contributed by atoms with Gasteiger partial charge in [-0.3, -0.25) is 14.5 Å². The Hall–Kier alpha value is -2.96. The highest BCUT2D eigenvalue weighted by atomic mass is 16.5. The van der Waals surface area contributed by atoms with Crippen molar-refractivity contribution in [1.29, 1.82) is 0 Å². The lowest BCUT2D eigenvalue weighted by atomic mass is 10.2. The van der Waals surface area contributed by atoms with Crippen molar-refractivity contribution in [1.82, 2.24) is 25.1 Å². The van der Waals surface area contributed by atoms with Crippen LogP contribution in [0.25, 0.3) is 10.9 Å². The summed E-state index contributed by atoms with van der Waals surface area (Å²) in [6, 6.07) is 3.89. The third kappa shape index (κ3) is 3.92. The first kappa shape index (κ1) is 17.5. The summed E-state index contributed by atoms with van der Waals surface area (Å²) in [6.07, 6.45) is 7.82. The van der Waals surface area contributed by atoms with Crippen LogP contribution in [-0.4, -0.2) is 38.8 Å². The normalized spacial score (nSPS) is 13.7. The number of nitrogens with one attached hydrogen (secondary N) is 1. The van der Waals surface area contributed by atoms with Crippen molar-refractivity contribution in [2.45, 2.75) is 33.2 Å². The van der Waals surface area contributed by atoms with E-state index in [4.69, 9.17) is 4.74 Å². The number of aryl methyl sites for hydroxylation is 1. The van der Waals surface area contributed by atoms with Crippen LogP contribution in [0.3, 0.4) is 0 Å². The van der Waals surface area contributed by atoms with Gasteiger partial charge in [-0.05, 0) is 50.3 Å². The third-order valence-corrected chi connectivity index (χ3v) is 4.62. The number of amides is 1. The fourth-order valence-corrected chi connectivity index (χ4v) is 3.03. The molecule has 27 heavy (non-hydrogen) atoms. The summed E-state index contributed by atoms with van der Waals surface area (Å²) >= 11 is 0. The minimum Gasteiger partial charge on any atom is -0.477 e. The molecule has 0 atom stereocenters. The van der Waals surface area contributed by atoms with Gasteiger partial charge in [-0.1, -0.05) is 0 Å². The molecule has 7 nitrogen and oxygen atoms in total. The van der Waals surface area contributed by atoms with Crippen molar-refractivity contribution in [3.63, 3.8) is 0 Å². The van der Waals surface area contributed by atoms with Crippen molar-refractivity contribution in [2.75, 3.05) is 13.2 Å². The fraction of sp³-hybridized carbons (Fsp3) is 0.400. The van der Waals surface area contributed by atoms with Crippen LogP contribution < -0.4 is 10.1 Å². The Morgan fingerprint density at radius 2 is 2.22 bits per heavy atom. The molecule has 0 unspecified atom stereocenters. The lowest BCUT2D eigenvalue weighted by Crippen LogP contribution is -2.23. The fourth-order valence-electron chi connectivity index (χ4n) is 3.03. The number of nitrogens with zero attached hydrogens (tertiary/aromatic N) is 4. The summed E-state index contributed by atoms with van der Waals surface area (Å²) in [7, 11) is 0. The van der Waals surface area contributed by atoms with E-state index in [0.717, 1.165) is 28.6 Å². The maximum absolute atomic E-state index is 12.2. The summed E-state index contributed by atoms with van der Waals surface area (Å²) in [5.41, 5.74) is 3.21. The van der Waals surface area contributed by atoms with E-state index in [2.05, 4.69) is 26.4 Å². The molecule has 0 aromatic carbocycles. The van der Waals surface area contributed by atoms with Gasteiger partial charge in [-0.15, -0.1) is 0 Å². The standard InChI is InChI=1S/C20H23N5O2/c1-3-21-19(26)18-16-11-25(24-17(16)6-7-22-18)10-15-8-13(2)20(23-9-15)27-12-14-4-5-14/h6-9,11,14H,3-5,10,12H2,1-2H3,(H,21,26). The molecular weight excluding hydrogens is 342 g/mol. The number of fused-ring (bicyclic) bond motifs is 1. The van der Waals surface area contributed by atoms with Gasteiger partial charge in [-0.2, -0.15) is 5.10 Å². The number of aromatic nitrogens is 4. The number of pyridine rings is 2. The molecule has 1 fully saturated rings. The molecule has 3 heterocycles. The van der Waals surface area contributed by atoms with Gasteiger partial charge in [0, 0.05) is 30.7 Å². The zero-order valence-corrected chi connectivity index (χ0v) is 15.6. The first-order valence-corrected chi connectivity index (χ1v) is 9.32. The second-order valence-electron chi connectivity index (χ2n) is 7.00. The average molecular weight is 365 g/mol. The lowest BCUT2D eigenvalue weighted by Gasteiger charge is -2.09. The molecule has 1 aliphatic rings. The molecule has 3 aromatic heterocycles. The van der Waals surface area contributed by atoms with Gasteiger partial charge >= 0.3 is 0 Å². The maximum atomic E-state index is 12.2. The molecule has 0 radical (unpaired) electrons. The zero-order chi connectivity index (χ0) is 18.8. The predicted octanol–water partition coefficient (Wildman–Crippen LogP) is 2.72. The lowest BCUT2D eigenvalue weighted by molar-refractivity contribution is 0.0952. The molecule has 1 aliphatic carbocycles. The Bertz CT molecular complexity index is 978. The van der Waals surface area contributed by atoms with E-state index in [1.54, 1.807) is 6.20 Å². The molecule has 0 bridgehead atoms. The van der Waals surface area contributed by atoms with E-state index in [9.17, 15) is 4.79 Å². The molecule has 140 valence electrons. The molecule has 4 rings (SSSR count). The third-order valence-electron chi connectivity index (χ3n) is 4.62. The quantitative estimate of drug-likeness (QED) is 0.696. The molecule has 0 spiro atoms. The number of carbonyl (C=O) groups excluding carboxylic acids is 1. The van der Waals surface area contributed by atoms with E-state index in [0.29, 0.717) is 30.6 Å². The highest BCUT2D eigenvalue weighted by molar-refractivity contribution is 6.04. The molecule has 0 saturated heterocycles. The van der Waals surface area contributed by atoms with Gasteiger partial charge in [0.1, 0.15) is 5.69 Å². The van der Waals surface area contributed by atoms with E-state index in [-0.39, 0.29) is 5.91 Å².